The average Bonchev–Trinajstić information content (AvgIpc) is 2.39. The second-order valence-corrected chi connectivity index (χ2v) is 7.55. The van der Waals surface area contributed by atoms with Crippen LogP contribution in [0.5, 0.6) is 0 Å². The van der Waals surface area contributed by atoms with Gasteiger partial charge in [0.05, 0.1) is 40.1 Å². The number of fused-ring (bicyclic) bond motifs is 1. The third-order valence-corrected chi connectivity index (χ3v) is 5.56. The molecular formula is C13H16N4O3S. The van der Waals surface area contributed by atoms with Crippen LogP contribution in [0.1, 0.15) is 6.92 Å². The Labute approximate surface area is 121 Å². The van der Waals surface area contributed by atoms with Gasteiger partial charge in [-0.1, -0.05) is 0 Å². The maximum Gasteiger partial charge on any atom is 0.258 e. The van der Waals surface area contributed by atoms with Gasteiger partial charge in [-0.25, -0.2) is 13.4 Å². The molecule has 3 N–H and O–H groups in total. The van der Waals surface area contributed by atoms with Crippen LogP contribution in [0.25, 0.3) is 10.9 Å². The highest BCUT2D eigenvalue weighted by Gasteiger charge is 2.29. The van der Waals surface area contributed by atoms with Gasteiger partial charge in [0, 0.05) is 12.6 Å². The molecule has 0 amide bonds. The fraction of sp³-hybridized carbons (Fsp3) is 0.385. The number of hydrogen-bond donors (Lipinski definition) is 2. The molecule has 2 aromatic rings. The van der Waals surface area contributed by atoms with E-state index in [1.165, 1.54) is 6.33 Å². The van der Waals surface area contributed by atoms with Gasteiger partial charge in [-0.3, -0.25) is 4.79 Å². The first-order chi connectivity index (χ1) is 9.87. The maximum atomic E-state index is 11.7. The lowest BCUT2D eigenvalue weighted by atomic mass is 10.1. The number of anilines is 2. The summed E-state index contributed by atoms with van der Waals surface area (Å²) in [5.74, 6) is 0.213. The zero-order chi connectivity index (χ0) is 15.2. The molecule has 8 heteroatoms. The molecule has 7 nitrogen and oxygen atoms in total. The van der Waals surface area contributed by atoms with E-state index in [2.05, 4.69) is 9.97 Å². The third kappa shape index (κ3) is 2.46. The van der Waals surface area contributed by atoms with Crippen molar-refractivity contribution in [1.82, 2.24) is 9.97 Å². The molecule has 1 aromatic carbocycles. The lowest BCUT2D eigenvalue weighted by Crippen LogP contribution is -2.47. The molecule has 1 atom stereocenters. The first-order valence-electron chi connectivity index (χ1n) is 6.61. The maximum absolute atomic E-state index is 11.7. The fourth-order valence-corrected chi connectivity index (χ4v) is 4.28. The summed E-state index contributed by atoms with van der Waals surface area (Å²) < 4.78 is 23.3. The summed E-state index contributed by atoms with van der Waals surface area (Å²) in [4.78, 5) is 20.3. The molecule has 1 aromatic heterocycles. The van der Waals surface area contributed by atoms with Gasteiger partial charge in [-0.2, -0.15) is 0 Å². The molecule has 1 saturated heterocycles. The highest BCUT2D eigenvalue weighted by atomic mass is 32.2. The summed E-state index contributed by atoms with van der Waals surface area (Å²) in [6.45, 7) is 2.24. The van der Waals surface area contributed by atoms with E-state index in [4.69, 9.17) is 5.73 Å². The molecular weight excluding hydrogens is 292 g/mol. The van der Waals surface area contributed by atoms with Gasteiger partial charge in [0.2, 0.25) is 0 Å². The Morgan fingerprint density at radius 1 is 1.43 bits per heavy atom. The quantitative estimate of drug-likeness (QED) is 0.725. The van der Waals surface area contributed by atoms with Crippen LogP contribution in [0.4, 0.5) is 11.4 Å². The molecule has 1 aliphatic rings. The fourth-order valence-electron chi connectivity index (χ4n) is 2.73. The van der Waals surface area contributed by atoms with Crippen molar-refractivity contribution in [2.75, 3.05) is 28.7 Å². The number of benzene rings is 1. The average molecular weight is 308 g/mol. The Morgan fingerprint density at radius 2 is 2.19 bits per heavy atom. The molecule has 0 radical (unpaired) electrons. The van der Waals surface area contributed by atoms with E-state index in [0.29, 0.717) is 23.1 Å². The molecule has 3 rings (SSSR count). The van der Waals surface area contributed by atoms with Gasteiger partial charge in [-0.15, -0.1) is 0 Å². The summed E-state index contributed by atoms with van der Waals surface area (Å²) in [6.07, 6.45) is 1.34. The number of rotatable bonds is 1. The molecule has 2 heterocycles. The van der Waals surface area contributed by atoms with Gasteiger partial charge < -0.3 is 15.6 Å². The van der Waals surface area contributed by atoms with Crippen LogP contribution < -0.4 is 16.2 Å². The predicted molar refractivity (Wildman–Crippen MR) is 82.2 cm³/mol. The Balaban J connectivity index is 2.09. The molecule has 1 unspecified atom stereocenters. The Hall–Kier alpha value is -2.09. The monoisotopic (exact) mass is 308 g/mol. The first kappa shape index (κ1) is 13.9. The SMILES string of the molecule is CC1CS(=O)(=O)CCN1c1cc2nc[nH]c(=O)c2cc1N. The van der Waals surface area contributed by atoms with Crippen LogP contribution in [0, 0.1) is 0 Å². The molecule has 21 heavy (non-hydrogen) atoms. The lowest BCUT2D eigenvalue weighted by molar-refractivity contribution is 0.568. The number of sulfone groups is 1. The van der Waals surface area contributed by atoms with Crippen LogP contribution in [0.2, 0.25) is 0 Å². The van der Waals surface area contributed by atoms with E-state index < -0.39 is 9.84 Å². The van der Waals surface area contributed by atoms with Gasteiger partial charge in [0.15, 0.2) is 9.84 Å². The van der Waals surface area contributed by atoms with E-state index in [0.717, 1.165) is 5.69 Å². The normalized spacial score (nSPS) is 21.6. The van der Waals surface area contributed by atoms with E-state index >= 15 is 0 Å². The standard InChI is InChI=1S/C13H16N4O3S/c1-8-6-21(19,20)3-2-17(8)12-5-11-9(4-10(12)14)13(18)16-7-15-11/h4-5,7-8H,2-3,6,14H2,1H3,(H,15,16,18). The van der Waals surface area contributed by atoms with Crippen molar-refractivity contribution >= 4 is 32.1 Å². The minimum absolute atomic E-state index is 0.104. The largest absolute Gasteiger partial charge is 0.397 e. The van der Waals surface area contributed by atoms with E-state index in [9.17, 15) is 13.2 Å². The first-order valence-corrected chi connectivity index (χ1v) is 8.43. The van der Waals surface area contributed by atoms with Gasteiger partial charge >= 0.3 is 0 Å². The number of aromatic amines is 1. The van der Waals surface area contributed by atoms with Crippen molar-refractivity contribution in [2.45, 2.75) is 13.0 Å². The summed E-state index contributed by atoms with van der Waals surface area (Å²) in [6, 6.07) is 3.17. The van der Waals surface area contributed by atoms with Crippen LogP contribution in [-0.2, 0) is 9.84 Å². The van der Waals surface area contributed by atoms with Crippen molar-refractivity contribution in [1.29, 1.82) is 0 Å². The number of nitrogens with zero attached hydrogens (tertiary/aromatic N) is 2. The van der Waals surface area contributed by atoms with Gasteiger partial charge in [0.1, 0.15) is 0 Å². The molecule has 1 fully saturated rings. The van der Waals surface area contributed by atoms with Crippen LogP contribution in [-0.4, -0.2) is 42.5 Å². The van der Waals surface area contributed by atoms with Crippen molar-refractivity contribution in [3.63, 3.8) is 0 Å². The van der Waals surface area contributed by atoms with E-state index in [1.54, 1.807) is 12.1 Å². The Bertz CT molecular complexity index is 859. The molecule has 112 valence electrons. The summed E-state index contributed by atoms with van der Waals surface area (Å²) in [5, 5.41) is 0.427. The zero-order valence-electron chi connectivity index (χ0n) is 11.5. The zero-order valence-corrected chi connectivity index (χ0v) is 12.4. The number of nitrogens with one attached hydrogen (secondary N) is 1. The van der Waals surface area contributed by atoms with Gasteiger partial charge in [0.25, 0.3) is 5.56 Å². The number of nitrogen functional groups attached to an aromatic ring is 1. The van der Waals surface area contributed by atoms with E-state index in [-0.39, 0.29) is 23.1 Å². The highest BCUT2D eigenvalue weighted by Crippen LogP contribution is 2.30. The van der Waals surface area contributed by atoms with Gasteiger partial charge in [-0.05, 0) is 19.1 Å². The Kier molecular flexibility index (Phi) is 3.12. The van der Waals surface area contributed by atoms with Crippen LogP contribution >= 0.6 is 0 Å². The van der Waals surface area contributed by atoms with Crippen molar-refractivity contribution in [2.24, 2.45) is 0 Å². The van der Waals surface area contributed by atoms with Crippen LogP contribution in [0.3, 0.4) is 0 Å². The molecule has 0 aliphatic carbocycles. The number of H-pyrrole nitrogens is 1. The number of nitrogens with two attached hydrogens (primary N) is 1. The minimum Gasteiger partial charge on any atom is -0.397 e. The second-order valence-electron chi connectivity index (χ2n) is 5.32. The summed E-state index contributed by atoms with van der Waals surface area (Å²) in [5.41, 5.74) is 7.52. The second kappa shape index (κ2) is 4.73. The third-order valence-electron chi connectivity index (χ3n) is 3.77. The smallest absolute Gasteiger partial charge is 0.258 e. The highest BCUT2D eigenvalue weighted by molar-refractivity contribution is 7.91. The molecule has 0 spiro atoms. The summed E-state index contributed by atoms with van der Waals surface area (Å²) in [7, 11) is -2.99. The van der Waals surface area contributed by atoms with E-state index in [1.807, 2.05) is 11.8 Å². The predicted octanol–water partition coefficient (Wildman–Crippen LogP) is 0.129. The number of aromatic nitrogens is 2. The molecule has 1 aliphatic heterocycles. The number of hydrogen-bond acceptors (Lipinski definition) is 6. The van der Waals surface area contributed by atoms with Crippen LogP contribution in [0.15, 0.2) is 23.3 Å². The summed E-state index contributed by atoms with van der Waals surface area (Å²) >= 11 is 0. The lowest BCUT2D eigenvalue weighted by Gasteiger charge is -2.35. The molecule has 0 saturated carbocycles. The Morgan fingerprint density at radius 3 is 2.90 bits per heavy atom. The van der Waals surface area contributed by atoms with Crippen molar-refractivity contribution < 1.29 is 8.42 Å². The van der Waals surface area contributed by atoms with Crippen molar-refractivity contribution in [3.05, 3.63) is 28.8 Å². The topological polar surface area (TPSA) is 109 Å². The molecule has 0 bridgehead atoms. The van der Waals surface area contributed by atoms with Crippen molar-refractivity contribution in [3.8, 4) is 0 Å². The minimum atomic E-state index is -2.99.